The minimum atomic E-state index is -3.72. The van der Waals surface area contributed by atoms with E-state index in [2.05, 4.69) is 4.98 Å². The number of hydrogen-bond acceptors (Lipinski definition) is 7. The summed E-state index contributed by atoms with van der Waals surface area (Å²) in [5.74, 6) is -2.13. The number of benzene rings is 2. The van der Waals surface area contributed by atoms with Crippen LogP contribution in [-0.4, -0.2) is 65.2 Å². The molecule has 0 bridgehead atoms. The third-order valence-electron chi connectivity index (χ3n) is 5.01. The zero-order chi connectivity index (χ0) is 24.7. The summed E-state index contributed by atoms with van der Waals surface area (Å²) in [6, 6.07) is 13.9. The van der Waals surface area contributed by atoms with Crippen molar-refractivity contribution in [3.63, 3.8) is 0 Å². The molecule has 0 radical (unpaired) electrons. The van der Waals surface area contributed by atoms with Gasteiger partial charge in [0, 0.05) is 13.1 Å². The molecule has 0 unspecified atom stereocenters. The first-order chi connectivity index (χ1) is 16.2. The van der Waals surface area contributed by atoms with Crippen LogP contribution in [0.5, 0.6) is 0 Å². The Balaban J connectivity index is 1.79. The van der Waals surface area contributed by atoms with Crippen molar-refractivity contribution < 1.29 is 32.3 Å². The normalized spacial score (nSPS) is 11.3. The number of carboxylic acid groups (broad SMARTS) is 1. The average Bonchev–Trinajstić information content (AvgIpc) is 3.24. The number of oxazole rings is 1. The first-order valence-electron chi connectivity index (χ1n) is 10.7. The van der Waals surface area contributed by atoms with Crippen LogP contribution in [0.3, 0.4) is 0 Å². The lowest BCUT2D eigenvalue weighted by Crippen LogP contribution is -2.50. The van der Waals surface area contributed by atoms with Gasteiger partial charge in [0.05, 0.1) is 11.5 Å². The summed E-state index contributed by atoms with van der Waals surface area (Å²) in [6.45, 7) is 1.15. The van der Waals surface area contributed by atoms with Crippen LogP contribution in [0.2, 0.25) is 0 Å². The molecule has 3 aromatic rings. The van der Waals surface area contributed by atoms with E-state index in [1.54, 1.807) is 54.6 Å². The molecule has 11 heteroatoms. The van der Waals surface area contributed by atoms with Crippen molar-refractivity contribution in [2.45, 2.75) is 25.5 Å². The van der Waals surface area contributed by atoms with E-state index >= 15 is 0 Å². The lowest BCUT2D eigenvalue weighted by molar-refractivity contribution is 0.0722. The quantitative estimate of drug-likeness (QED) is 0.481. The summed E-state index contributed by atoms with van der Waals surface area (Å²) in [6.07, 6.45) is -0.618. The highest BCUT2D eigenvalue weighted by atomic mass is 32.2. The lowest BCUT2D eigenvalue weighted by atomic mass is 10.2. The van der Waals surface area contributed by atoms with Crippen LogP contribution in [0.25, 0.3) is 11.1 Å². The Morgan fingerprint density at radius 1 is 0.971 bits per heavy atom. The smallest absolute Gasteiger partial charge is 0.415 e. The summed E-state index contributed by atoms with van der Waals surface area (Å²) in [7, 11) is -3.72. The summed E-state index contributed by atoms with van der Waals surface area (Å²) in [5.41, 5.74) is 1.30. The van der Waals surface area contributed by atoms with E-state index in [4.69, 9.17) is 4.42 Å². The molecule has 0 saturated carbocycles. The molecule has 0 fully saturated rings. The van der Waals surface area contributed by atoms with Gasteiger partial charge in [0.1, 0.15) is 5.52 Å². The topological polar surface area (TPSA) is 138 Å². The first kappa shape index (κ1) is 24.9. The van der Waals surface area contributed by atoms with Gasteiger partial charge in [-0.3, -0.25) is 9.69 Å². The van der Waals surface area contributed by atoms with Gasteiger partial charge in [-0.1, -0.05) is 55.8 Å². The number of para-hydroxylation sites is 2. The van der Waals surface area contributed by atoms with Gasteiger partial charge in [0.25, 0.3) is 5.89 Å². The Bertz CT molecular complexity index is 1240. The number of fused-ring (bicyclic) bond motifs is 1. The van der Waals surface area contributed by atoms with Gasteiger partial charge in [-0.15, -0.1) is 0 Å². The number of unbranched alkanes of at least 4 members (excludes halogenated alkanes) is 1. The highest BCUT2D eigenvalue weighted by Crippen LogP contribution is 2.17. The number of imide groups is 2. The van der Waals surface area contributed by atoms with Crippen molar-refractivity contribution in [2.75, 3.05) is 18.8 Å². The summed E-state index contributed by atoms with van der Waals surface area (Å²) < 4.78 is 30.5. The van der Waals surface area contributed by atoms with Crippen molar-refractivity contribution in [3.05, 3.63) is 66.1 Å². The van der Waals surface area contributed by atoms with Crippen molar-refractivity contribution in [1.82, 2.24) is 14.8 Å². The van der Waals surface area contributed by atoms with Crippen molar-refractivity contribution in [2.24, 2.45) is 0 Å². The second kappa shape index (κ2) is 10.9. The second-order valence-corrected chi connectivity index (χ2v) is 9.78. The van der Waals surface area contributed by atoms with Gasteiger partial charge >= 0.3 is 18.0 Å². The molecule has 180 valence electrons. The van der Waals surface area contributed by atoms with Crippen molar-refractivity contribution >= 4 is 39.0 Å². The largest absolute Gasteiger partial charge is 0.465 e. The number of hydrogen-bond donors (Lipinski definition) is 1. The van der Waals surface area contributed by atoms with E-state index in [-0.39, 0.29) is 18.2 Å². The molecular weight excluding hydrogens is 462 g/mol. The number of nitrogens with zero attached hydrogens (tertiary/aromatic N) is 3. The van der Waals surface area contributed by atoms with E-state index < -0.39 is 40.2 Å². The average molecular weight is 488 g/mol. The van der Waals surface area contributed by atoms with Crippen LogP contribution in [0.15, 0.2) is 59.0 Å². The molecule has 10 nitrogen and oxygen atoms in total. The van der Waals surface area contributed by atoms with Crippen LogP contribution in [-0.2, 0) is 15.6 Å². The van der Waals surface area contributed by atoms with Gasteiger partial charge in [-0.25, -0.2) is 27.9 Å². The molecule has 0 aliphatic rings. The van der Waals surface area contributed by atoms with E-state index in [1.165, 1.54) is 0 Å². The highest BCUT2D eigenvalue weighted by molar-refractivity contribution is 7.90. The summed E-state index contributed by atoms with van der Waals surface area (Å²) in [4.78, 5) is 43.1. The number of sulfone groups is 1. The Labute approximate surface area is 196 Å². The van der Waals surface area contributed by atoms with E-state index in [9.17, 15) is 27.9 Å². The molecule has 1 heterocycles. The Morgan fingerprint density at radius 2 is 1.65 bits per heavy atom. The van der Waals surface area contributed by atoms with Gasteiger partial charge in [-0.2, -0.15) is 0 Å². The SMILES string of the molecule is CCCCN(C(=O)c1nc2ccccc2o1)C(=O)N(CCS(=O)(=O)Cc1ccccc1)C(=O)O. The predicted octanol–water partition coefficient (Wildman–Crippen LogP) is 3.79. The number of carbonyl (C=O) groups is 3. The fourth-order valence-corrected chi connectivity index (χ4v) is 4.53. The summed E-state index contributed by atoms with van der Waals surface area (Å²) in [5, 5.41) is 9.60. The van der Waals surface area contributed by atoms with Crippen molar-refractivity contribution in [1.29, 1.82) is 0 Å². The Kier molecular flexibility index (Phi) is 8.00. The standard InChI is InChI=1S/C23H25N3O7S/c1-2-3-13-25(21(27)20-24-18-11-7-8-12-19(18)33-20)22(28)26(23(29)30)14-15-34(31,32)16-17-9-5-4-6-10-17/h4-12H,2-3,13-16H2,1H3,(H,29,30). The third kappa shape index (κ3) is 6.19. The van der Waals surface area contributed by atoms with Crippen LogP contribution in [0.4, 0.5) is 9.59 Å². The predicted molar refractivity (Wildman–Crippen MR) is 124 cm³/mol. The molecule has 0 aliphatic heterocycles. The molecule has 1 aromatic heterocycles. The zero-order valence-corrected chi connectivity index (χ0v) is 19.4. The number of carbonyl (C=O) groups excluding carboxylic acids is 2. The van der Waals surface area contributed by atoms with Crippen LogP contribution < -0.4 is 0 Å². The van der Waals surface area contributed by atoms with Crippen LogP contribution in [0.1, 0.15) is 36.0 Å². The first-order valence-corrected chi connectivity index (χ1v) is 12.5. The molecule has 0 spiro atoms. The maximum Gasteiger partial charge on any atom is 0.415 e. The number of aromatic nitrogens is 1. The maximum absolute atomic E-state index is 13.1. The monoisotopic (exact) mass is 487 g/mol. The zero-order valence-electron chi connectivity index (χ0n) is 18.6. The van der Waals surface area contributed by atoms with Gasteiger partial charge in [0.15, 0.2) is 15.4 Å². The van der Waals surface area contributed by atoms with Gasteiger partial charge in [0.2, 0.25) is 0 Å². The van der Waals surface area contributed by atoms with Crippen LogP contribution >= 0.6 is 0 Å². The lowest BCUT2D eigenvalue weighted by Gasteiger charge is -2.25. The Morgan fingerprint density at radius 3 is 2.29 bits per heavy atom. The van der Waals surface area contributed by atoms with Crippen molar-refractivity contribution in [3.8, 4) is 0 Å². The minimum Gasteiger partial charge on any atom is -0.465 e. The third-order valence-corrected chi connectivity index (χ3v) is 6.58. The molecule has 0 saturated heterocycles. The molecule has 2 aromatic carbocycles. The van der Waals surface area contributed by atoms with E-state index in [1.807, 2.05) is 6.92 Å². The van der Waals surface area contributed by atoms with E-state index in [0.29, 0.717) is 34.4 Å². The molecule has 34 heavy (non-hydrogen) atoms. The molecule has 0 aliphatic carbocycles. The fourth-order valence-electron chi connectivity index (χ4n) is 3.23. The number of urea groups is 1. The molecular formula is C23H25N3O7S. The number of amides is 4. The summed E-state index contributed by atoms with van der Waals surface area (Å²) >= 11 is 0. The minimum absolute atomic E-state index is 0.0760. The van der Waals surface area contributed by atoms with Gasteiger partial charge in [-0.05, 0) is 24.1 Å². The maximum atomic E-state index is 13.1. The molecule has 3 rings (SSSR count). The fraction of sp³-hybridized carbons (Fsp3) is 0.304. The highest BCUT2D eigenvalue weighted by Gasteiger charge is 2.34. The second-order valence-electron chi connectivity index (χ2n) is 7.59. The Hall–Kier alpha value is -3.73. The van der Waals surface area contributed by atoms with Gasteiger partial charge < -0.3 is 9.52 Å². The number of rotatable bonds is 9. The van der Waals surface area contributed by atoms with Crippen LogP contribution in [0, 0.1) is 0 Å². The molecule has 4 amide bonds. The molecule has 0 atom stereocenters. The van der Waals surface area contributed by atoms with E-state index in [0.717, 1.165) is 4.90 Å². The molecule has 1 N–H and O–H groups in total.